The zero-order valence-electron chi connectivity index (χ0n) is 16.7. The Balaban J connectivity index is 1.98. The van der Waals surface area contributed by atoms with Crippen LogP contribution in [0, 0.1) is 0 Å². The molecule has 1 heterocycles. The smallest absolute Gasteiger partial charge is 0.246 e. The normalized spacial score (nSPS) is 12.2. The molecule has 3 rings (SSSR count). The second-order valence-corrected chi connectivity index (χ2v) is 7.06. The van der Waals surface area contributed by atoms with E-state index in [2.05, 4.69) is 35.0 Å². The highest BCUT2D eigenvalue weighted by Gasteiger charge is 2.22. The van der Waals surface area contributed by atoms with Crippen LogP contribution in [0.15, 0.2) is 54.6 Å². The molecule has 0 bridgehead atoms. The first-order valence-electron chi connectivity index (χ1n) is 10.00. The largest absolute Gasteiger partial charge is 0.375 e. The number of benzene rings is 2. The number of amides is 1. The highest BCUT2D eigenvalue weighted by Crippen LogP contribution is 2.24. The summed E-state index contributed by atoms with van der Waals surface area (Å²) >= 11 is 0. The minimum atomic E-state index is -0.209. The van der Waals surface area contributed by atoms with Gasteiger partial charge in [-0.3, -0.25) is 4.79 Å². The maximum atomic E-state index is 12.3. The standard InChI is InChI=1S/C23H29N3O2/c1-3-4-10-15-26-21-14-9-8-13-19(21)25-23(26)20(24-22(27)17-28-2)16-18-11-6-5-7-12-18/h5-9,11-14,20H,3-4,10,15-17H2,1-2H3,(H,24,27)/t20-/m0/s1. The van der Waals surface area contributed by atoms with Crippen LogP contribution in [0.5, 0.6) is 0 Å². The average Bonchev–Trinajstić information content (AvgIpc) is 3.07. The highest BCUT2D eigenvalue weighted by atomic mass is 16.5. The van der Waals surface area contributed by atoms with Gasteiger partial charge in [-0.1, -0.05) is 62.2 Å². The van der Waals surface area contributed by atoms with Gasteiger partial charge in [0.15, 0.2) is 0 Å². The molecule has 5 nitrogen and oxygen atoms in total. The van der Waals surface area contributed by atoms with Crippen molar-refractivity contribution in [3.8, 4) is 0 Å². The van der Waals surface area contributed by atoms with E-state index in [4.69, 9.17) is 9.72 Å². The Bertz CT molecular complexity index is 889. The summed E-state index contributed by atoms with van der Waals surface area (Å²) in [6, 6.07) is 18.2. The van der Waals surface area contributed by atoms with Crippen molar-refractivity contribution < 1.29 is 9.53 Å². The molecule has 0 unspecified atom stereocenters. The van der Waals surface area contributed by atoms with E-state index in [-0.39, 0.29) is 18.6 Å². The van der Waals surface area contributed by atoms with Crippen molar-refractivity contribution in [2.24, 2.45) is 0 Å². The van der Waals surface area contributed by atoms with Gasteiger partial charge in [-0.2, -0.15) is 0 Å². The summed E-state index contributed by atoms with van der Waals surface area (Å²) in [5, 5.41) is 3.13. The quantitative estimate of drug-likeness (QED) is 0.535. The van der Waals surface area contributed by atoms with Crippen LogP contribution in [0.3, 0.4) is 0 Å². The summed E-state index contributed by atoms with van der Waals surface area (Å²) in [4.78, 5) is 17.2. The van der Waals surface area contributed by atoms with Gasteiger partial charge in [0.1, 0.15) is 12.4 Å². The van der Waals surface area contributed by atoms with Crippen LogP contribution in [-0.4, -0.2) is 29.2 Å². The summed E-state index contributed by atoms with van der Waals surface area (Å²) in [7, 11) is 1.53. The molecule has 0 saturated heterocycles. The van der Waals surface area contributed by atoms with Crippen molar-refractivity contribution in [2.75, 3.05) is 13.7 Å². The summed E-state index contributed by atoms with van der Waals surface area (Å²) < 4.78 is 7.29. The number of ether oxygens (including phenoxy) is 1. The number of aromatic nitrogens is 2. The van der Waals surface area contributed by atoms with E-state index < -0.39 is 0 Å². The molecule has 28 heavy (non-hydrogen) atoms. The van der Waals surface area contributed by atoms with Gasteiger partial charge in [0.05, 0.1) is 17.1 Å². The molecule has 0 fully saturated rings. The number of rotatable bonds is 10. The maximum absolute atomic E-state index is 12.3. The Morgan fingerprint density at radius 3 is 2.61 bits per heavy atom. The minimum Gasteiger partial charge on any atom is -0.375 e. The molecule has 1 N–H and O–H groups in total. The predicted octanol–water partition coefficient (Wildman–Crippen LogP) is 4.27. The number of para-hydroxylation sites is 2. The average molecular weight is 380 g/mol. The number of fused-ring (bicyclic) bond motifs is 1. The van der Waals surface area contributed by atoms with E-state index in [1.54, 1.807) is 0 Å². The summed E-state index contributed by atoms with van der Waals surface area (Å²) in [5.74, 6) is 0.779. The van der Waals surface area contributed by atoms with Crippen LogP contribution in [0.1, 0.15) is 43.6 Å². The molecular weight excluding hydrogens is 350 g/mol. The van der Waals surface area contributed by atoms with Crippen LogP contribution in [0.4, 0.5) is 0 Å². The lowest BCUT2D eigenvalue weighted by Crippen LogP contribution is -2.34. The van der Waals surface area contributed by atoms with Gasteiger partial charge < -0.3 is 14.6 Å². The Labute approximate surface area is 166 Å². The summed E-state index contributed by atoms with van der Waals surface area (Å²) in [6.45, 7) is 3.15. The van der Waals surface area contributed by atoms with Crippen molar-refractivity contribution in [3.05, 3.63) is 66.0 Å². The molecule has 148 valence electrons. The Hall–Kier alpha value is -2.66. The van der Waals surface area contributed by atoms with Crippen molar-refractivity contribution in [1.29, 1.82) is 0 Å². The van der Waals surface area contributed by atoms with Gasteiger partial charge in [-0.05, 0) is 30.5 Å². The minimum absolute atomic E-state index is 0.0430. The highest BCUT2D eigenvalue weighted by molar-refractivity contribution is 5.79. The third-order valence-electron chi connectivity index (χ3n) is 4.87. The van der Waals surface area contributed by atoms with Gasteiger partial charge >= 0.3 is 0 Å². The van der Waals surface area contributed by atoms with Crippen LogP contribution >= 0.6 is 0 Å². The lowest BCUT2D eigenvalue weighted by Gasteiger charge is -2.20. The lowest BCUT2D eigenvalue weighted by molar-refractivity contribution is -0.125. The zero-order chi connectivity index (χ0) is 19.8. The number of carbonyl (C=O) groups excluding carboxylic acids is 1. The maximum Gasteiger partial charge on any atom is 0.246 e. The third kappa shape index (κ3) is 4.98. The Morgan fingerprint density at radius 1 is 1.11 bits per heavy atom. The summed E-state index contributed by atoms with van der Waals surface area (Å²) in [5.41, 5.74) is 3.25. The number of nitrogens with one attached hydrogen (secondary N) is 1. The first kappa shape index (κ1) is 20.1. The summed E-state index contributed by atoms with van der Waals surface area (Å²) in [6.07, 6.45) is 4.12. The SMILES string of the molecule is CCCCCn1c([C@H](Cc2ccccc2)NC(=O)COC)nc2ccccc21. The fourth-order valence-corrected chi connectivity index (χ4v) is 3.54. The molecular formula is C23H29N3O2. The molecule has 0 aliphatic carbocycles. The van der Waals surface area contributed by atoms with Crippen molar-refractivity contribution in [3.63, 3.8) is 0 Å². The fraction of sp³-hybridized carbons (Fsp3) is 0.391. The number of nitrogens with zero attached hydrogens (tertiary/aromatic N) is 2. The van der Waals surface area contributed by atoms with E-state index in [0.29, 0.717) is 6.42 Å². The third-order valence-corrected chi connectivity index (χ3v) is 4.87. The first-order chi connectivity index (χ1) is 13.7. The van der Waals surface area contributed by atoms with Crippen molar-refractivity contribution in [1.82, 2.24) is 14.9 Å². The molecule has 5 heteroatoms. The second kappa shape index (κ2) is 10.0. The molecule has 0 aliphatic rings. The van der Waals surface area contributed by atoms with E-state index in [1.165, 1.54) is 20.0 Å². The molecule has 2 aromatic carbocycles. The fourth-order valence-electron chi connectivity index (χ4n) is 3.54. The Morgan fingerprint density at radius 2 is 1.86 bits per heavy atom. The van der Waals surface area contributed by atoms with Crippen molar-refractivity contribution >= 4 is 16.9 Å². The number of hydrogen-bond acceptors (Lipinski definition) is 3. The van der Waals surface area contributed by atoms with E-state index in [0.717, 1.165) is 35.4 Å². The Kier molecular flexibility index (Phi) is 7.20. The molecule has 3 aromatic rings. The van der Waals surface area contributed by atoms with Gasteiger partial charge in [0.25, 0.3) is 0 Å². The van der Waals surface area contributed by atoms with E-state index >= 15 is 0 Å². The molecule has 0 aliphatic heterocycles. The van der Waals surface area contributed by atoms with Crippen LogP contribution in [0.25, 0.3) is 11.0 Å². The molecule has 1 amide bonds. The predicted molar refractivity (Wildman–Crippen MR) is 112 cm³/mol. The number of unbranched alkanes of at least 4 members (excludes halogenated alkanes) is 2. The number of aryl methyl sites for hydroxylation is 1. The van der Waals surface area contributed by atoms with Gasteiger partial charge in [-0.15, -0.1) is 0 Å². The monoisotopic (exact) mass is 379 g/mol. The lowest BCUT2D eigenvalue weighted by atomic mass is 10.0. The molecule has 1 aromatic heterocycles. The topological polar surface area (TPSA) is 56.2 Å². The molecule has 1 atom stereocenters. The van der Waals surface area contributed by atoms with Crippen LogP contribution in [-0.2, 0) is 22.5 Å². The van der Waals surface area contributed by atoms with Crippen LogP contribution < -0.4 is 5.32 Å². The number of methoxy groups -OCH3 is 1. The van der Waals surface area contributed by atoms with Gasteiger partial charge in [0, 0.05) is 13.7 Å². The van der Waals surface area contributed by atoms with Crippen LogP contribution in [0.2, 0.25) is 0 Å². The number of hydrogen-bond donors (Lipinski definition) is 1. The van der Waals surface area contributed by atoms with Gasteiger partial charge in [0.2, 0.25) is 5.91 Å². The number of carbonyl (C=O) groups is 1. The van der Waals surface area contributed by atoms with Gasteiger partial charge in [-0.25, -0.2) is 4.98 Å². The second-order valence-electron chi connectivity index (χ2n) is 7.06. The van der Waals surface area contributed by atoms with E-state index in [1.807, 2.05) is 36.4 Å². The first-order valence-corrected chi connectivity index (χ1v) is 10.00. The van der Waals surface area contributed by atoms with Crippen molar-refractivity contribution in [2.45, 2.75) is 45.2 Å². The number of imidazole rings is 1. The molecule has 0 spiro atoms. The zero-order valence-corrected chi connectivity index (χ0v) is 16.7. The van der Waals surface area contributed by atoms with E-state index in [9.17, 15) is 4.79 Å². The molecule has 0 radical (unpaired) electrons. The molecule has 0 saturated carbocycles.